The number of halogens is 2. The largest absolute Gasteiger partial charge is 0.360 e. The van der Waals surface area contributed by atoms with Crippen molar-refractivity contribution in [1.82, 2.24) is 5.16 Å². The summed E-state index contributed by atoms with van der Waals surface area (Å²) in [7, 11) is 0. The number of hydrogen-bond donors (Lipinski definition) is 1. The first-order valence-corrected chi connectivity index (χ1v) is 8.80. The van der Waals surface area contributed by atoms with E-state index in [-0.39, 0.29) is 5.69 Å². The van der Waals surface area contributed by atoms with Gasteiger partial charge < -0.3 is 9.84 Å². The number of carbonyl (C=O) groups excluding carboxylic acids is 1. The van der Waals surface area contributed by atoms with Crippen molar-refractivity contribution in [3.8, 4) is 0 Å². The highest BCUT2D eigenvalue weighted by atomic mass is 35.5. The number of aromatic nitrogens is 1. The normalized spacial score (nSPS) is 10.7. The molecule has 3 aromatic rings. The zero-order chi connectivity index (χ0) is 17.8. The number of rotatable bonds is 5. The summed E-state index contributed by atoms with van der Waals surface area (Å²) in [5, 5.41) is 6.75. The van der Waals surface area contributed by atoms with Gasteiger partial charge in [-0.25, -0.2) is 4.39 Å². The smallest absolute Gasteiger partial charge is 0.256 e. The van der Waals surface area contributed by atoms with Crippen LogP contribution in [0, 0.1) is 12.7 Å². The summed E-state index contributed by atoms with van der Waals surface area (Å²) in [6.45, 7) is 1.85. The Labute approximate surface area is 153 Å². The van der Waals surface area contributed by atoms with Gasteiger partial charge in [0.1, 0.15) is 11.6 Å². The molecule has 0 saturated heterocycles. The van der Waals surface area contributed by atoms with E-state index in [9.17, 15) is 9.18 Å². The highest BCUT2D eigenvalue weighted by Crippen LogP contribution is 2.28. The van der Waals surface area contributed by atoms with Gasteiger partial charge in [0.15, 0.2) is 0 Å². The van der Waals surface area contributed by atoms with Gasteiger partial charge in [0.2, 0.25) is 0 Å². The van der Waals surface area contributed by atoms with E-state index in [1.807, 2.05) is 25.1 Å². The SMILES string of the molecule is Cc1cc(CSc2ccccc2C(=O)Nc2cc(Cl)ccc2F)on1. The Bertz CT molecular complexity index is 914. The van der Waals surface area contributed by atoms with Gasteiger partial charge in [-0.15, -0.1) is 11.8 Å². The monoisotopic (exact) mass is 376 g/mol. The molecule has 0 bridgehead atoms. The molecule has 0 radical (unpaired) electrons. The van der Waals surface area contributed by atoms with E-state index < -0.39 is 11.7 Å². The number of nitrogens with zero attached hydrogens (tertiary/aromatic N) is 1. The average molecular weight is 377 g/mol. The van der Waals surface area contributed by atoms with Crippen LogP contribution < -0.4 is 5.32 Å². The van der Waals surface area contributed by atoms with E-state index >= 15 is 0 Å². The van der Waals surface area contributed by atoms with Crippen molar-refractivity contribution in [3.05, 3.63) is 76.4 Å². The zero-order valence-electron chi connectivity index (χ0n) is 13.3. The standard InChI is InChI=1S/C18H14ClFN2O2S/c1-11-8-13(24-22-11)10-25-17-5-3-2-4-14(17)18(23)21-16-9-12(19)6-7-15(16)20/h2-9H,10H2,1H3,(H,21,23). The first-order valence-electron chi connectivity index (χ1n) is 7.43. The lowest BCUT2D eigenvalue weighted by Gasteiger charge is -2.10. The zero-order valence-corrected chi connectivity index (χ0v) is 14.8. The number of amides is 1. The Morgan fingerprint density at radius 1 is 1.28 bits per heavy atom. The quantitative estimate of drug-likeness (QED) is 0.612. The first-order chi connectivity index (χ1) is 12.0. The van der Waals surface area contributed by atoms with E-state index in [1.165, 1.54) is 30.0 Å². The van der Waals surface area contributed by atoms with Crippen LogP contribution in [0.2, 0.25) is 5.02 Å². The fourth-order valence-electron chi connectivity index (χ4n) is 2.20. The van der Waals surface area contributed by atoms with Crippen LogP contribution in [-0.4, -0.2) is 11.1 Å². The van der Waals surface area contributed by atoms with Crippen LogP contribution in [0.5, 0.6) is 0 Å². The summed E-state index contributed by atoms with van der Waals surface area (Å²) in [5.41, 5.74) is 1.30. The molecule has 7 heteroatoms. The molecular weight excluding hydrogens is 363 g/mol. The molecule has 128 valence electrons. The Balaban J connectivity index is 1.77. The number of anilines is 1. The minimum Gasteiger partial charge on any atom is -0.360 e. The lowest BCUT2D eigenvalue weighted by Crippen LogP contribution is -2.14. The molecular formula is C18H14ClFN2O2S. The van der Waals surface area contributed by atoms with E-state index in [1.54, 1.807) is 12.1 Å². The lowest BCUT2D eigenvalue weighted by atomic mass is 10.2. The molecule has 25 heavy (non-hydrogen) atoms. The molecule has 3 rings (SSSR count). The summed E-state index contributed by atoms with van der Waals surface area (Å²) >= 11 is 7.30. The molecule has 0 spiro atoms. The second kappa shape index (κ2) is 7.72. The second-order valence-electron chi connectivity index (χ2n) is 5.30. The van der Waals surface area contributed by atoms with Crippen LogP contribution in [0.4, 0.5) is 10.1 Å². The first kappa shape index (κ1) is 17.5. The van der Waals surface area contributed by atoms with Gasteiger partial charge >= 0.3 is 0 Å². The van der Waals surface area contributed by atoms with Crippen molar-refractivity contribution in [3.63, 3.8) is 0 Å². The Morgan fingerprint density at radius 3 is 2.84 bits per heavy atom. The molecule has 1 aromatic heterocycles. The summed E-state index contributed by atoms with van der Waals surface area (Å²) < 4.78 is 19.0. The molecule has 1 amide bonds. The molecule has 1 heterocycles. The third-order valence-electron chi connectivity index (χ3n) is 3.35. The molecule has 0 fully saturated rings. The summed E-state index contributed by atoms with van der Waals surface area (Å²) in [5.74, 6) is 0.313. The van der Waals surface area contributed by atoms with Gasteiger partial charge in [-0.2, -0.15) is 0 Å². The van der Waals surface area contributed by atoms with Crippen LogP contribution >= 0.6 is 23.4 Å². The van der Waals surface area contributed by atoms with Gasteiger partial charge in [0.05, 0.1) is 22.7 Å². The van der Waals surface area contributed by atoms with Crippen molar-refractivity contribution >= 4 is 35.0 Å². The molecule has 0 saturated carbocycles. The minimum absolute atomic E-state index is 0.0446. The van der Waals surface area contributed by atoms with Gasteiger partial charge in [-0.05, 0) is 37.3 Å². The van der Waals surface area contributed by atoms with E-state index in [0.717, 1.165) is 16.3 Å². The highest BCUT2D eigenvalue weighted by Gasteiger charge is 2.14. The number of nitrogens with one attached hydrogen (secondary N) is 1. The predicted octanol–water partition coefficient (Wildman–Crippen LogP) is 5.32. The number of thioether (sulfide) groups is 1. The van der Waals surface area contributed by atoms with E-state index in [0.29, 0.717) is 16.3 Å². The van der Waals surface area contributed by atoms with Crippen LogP contribution in [0.25, 0.3) is 0 Å². The maximum Gasteiger partial charge on any atom is 0.256 e. The molecule has 0 atom stereocenters. The number of benzene rings is 2. The van der Waals surface area contributed by atoms with Crippen LogP contribution in [0.3, 0.4) is 0 Å². The summed E-state index contributed by atoms with van der Waals surface area (Å²) in [6.07, 6.45) is 0. The fraction of sp³-hybridized carbons (Fsp3) is 0.111. The van der Waals surface area contributed by atoms with Crippen molar-refractivity contribution in [2.75, 3.05) is 5.32 Å². The second-order valence-corrected chi connectivity index (χ2v) is 6.75. The Morgan fingerprint density at radius 2 is 2.08 bits per heavy atom. The molecule has 2 aromatic carbocycles. The fourth-order valence-corrected chi connectivity index (χ4v) is 3.29. The van der Waals surface area contributed by atoms with E-state index in [2.05, 4.69) is 10.5 Å². The molecule has 0 aliphatic heterocycles. The predicted molar refractivity (Wildman–Crippen MR) is 96.6 cm³/mol. The molecule has 0 aliphatic rings. The average Bonchev–Trinajstić information content (AvgIpc) is 3.02. The van der Waals surface area contributed by atoms with Gasteiger partial charge in [0, 0.05) is 16.0 Å². The molecule has 0 aliphatic carbocycles. The highest BCUT2D eigenvalue weighted by molar-refractivity contribution is 7.98. The lowest BCUT2D eigenvalue weighted by molar-refractivity contribution is 0.102. The topological polar surface area (TPSA) is 55.1 Å². The number of aryl methyl sites for hydroxylation is 1. The Kier molecular flexibility index (Phi) is 5.40. The van der Waals surface area contributed by atoms with Crippen LogP contribution in [0.15, 0.2) is 57.9 Å². The van der Waals surface area contributed by atoms with Gasteiger partial charge in [0.25, 0.3) is 5.91 Å². The van der Waals surface area contributed by atoms with Crippen LogP contribution in [-0.2, 0) is 5.75 Å². The van der Waals surface area contributed by atoms with Crippen molar-refractivity contribution in [2.45, 2.75) is 17.6 Å². The van der Waals surface area contributed by atoms with Gasteiger partial charge in [-0.3, -0.25) is 4.79 Å². The van der Waals surface area contributed by atoms with E-state index in [4.69, 9.17) is 16.1 Å². The van der Waals surface area contributed by atoms with Crippen LogP contribution in [0.1, 0.15) is 21.8 Å². The maximum atomic E-state index is 13.8. The summed E-state index contributed by atoms with van der Waals surface area (Å²) in [6, 6.07) is 13.0. The van der Waals surface area contributed by atoms with Crippen molar-refractivity contribution < 1.29 is 13.7 Å². The van der Waals surface area contributed by atoms with Crippen molar-refractivity contribution in [2.24, 2.45) is 0 Å². The van der Waals surface area contributed by atoms with Crippen molar-refractivity contribution in [1.29, 1.82) is 0 Å². The number of carbonyl (C=O) groups is 1. The van der Waals surface area contributed by atoms with Gasteiger partial charge in [-0.1, -0.05) is 28.9 Å². The minimum atomic E-state index is -0.542. The molecule has 0 unspecified atom stereocenters. The molecule has 4 nitrogen and oxygen atoms in total. The Hall–Kier alpha value is -2.31. The maximum absolute atomic E-state index is 13.8. The third kappa shape index (κ3) is 4.41. The molecule has 1 N–H and O–H groups in total. The third-order valence-corrected chi connectivity index (χ3v) is 4.69. The number of hydrogen-bond acceptors (Lipinski definition) is 4. The summed E-state index contributed by atoms with van der Waals surface area (Å²) in [4.78, 5) is 13.3.